The van der Waals surface area contributed by atoms with Crippen molar-refractivity contribution in [2.24, 2.45) is 0 Å². The van der Waals surface area contributed by atoms with Crippen molar-refractivity contribution in [2.75, 3.05) is 0 Å². The molecule has 0 aromatic carbocycles. The molecule has 0 saturated heterocycles. The molecule has 0 aromatic rings. The van der Waals surface area contributed by atoms with E-state index in [1.165, 1.54) is 0 Å². The van der Waals surface area contributed by atoms with Gasteiger partial charge in [-0.1, -0.05) is 47.0 Å². The lowest BCUT2D eigenvalue weighted by Crippen LogP contribution is -2.25. The van der Waals surface area contributed by atoms with Gasteiger partial charge < -0.3 is 4.74 Å². The summed E-state index contributed by atoms with van der Waals surface area (Å²) in [5.41, 5.74) is 0. The zero-order chi connectivity index (χ0) is 13.4. The Kier molecular flexibility index (Phi) is 7.23. The Balaban J connectivity index is 2.82. The number of hydrogen-bond acceptors (Lipinski definition) is 1. The minimum Gasteiger partial charge on any atom is -0.492 e. The molecule has 1 nitrogen and oxygen atoms in total. The summed E-state index contributed by atoms with van der Waals surface area (Å²) in [7, 11) is 0. The SMILES string of the molecule is C#C/C=C/C[C@H]1O/C(=C(/Br)CC)C/C=C\C[C@H]1Cl. The van der Waals surface area contributed by atoms with E-state index in [9.17, 15) is 0 Å². The molecule has 0 aromatic heterocycles. The van der Waals surface area contributed by atoms with Gasteiger partial charge in [0.2, 0.25) is 0 Å². The normalized spacial score (nSPS) is 29.0. The topological polar surface area (TPSA) is 9.23 Å². The number of allylic oxidation sites excluding steroid dienone is 4. The third kappa shape index (κ3) is 4.92. The summed E-state index contributed by atoms with van der Waals surface area (Å²) >= 11 is 9.91. The fraction of sp³-hybridized carbons (Fsp3) is 0.467. The highest BCUT2D eigenvalue weighted by Gasteiger charge is 2.22. The second-order valence-electron chi connectivity index (χ2n) is 4.07. The average molecular weight is 330 g/mol. The molecule has 98 valence electrons. The Morgan fingerprint density at radius 3 is 3.11 bits per heavy atom. The molecular formula is C15H18BrClO. The van der Waals surface area contributed by atoms with Gasteiger partial charge in [-0.15, -0.1) is 18.0 Å². The van der Waals surface area contributed by atoms with Crippen LogP contribution < -0.4 is 0 Å². The van der Waals surface area contributed by atoms with Crippen molar-refractivity contribution in [1.29, 1.82) is 0 Å². The van der Waals surface area contributed by atoms with Crippen LogP contribution in [0.3, 0.4) is 0 Å². The van der Waals surface area contributed by atoms with Gasteiger partial charge in [0.1, 0.15) is 11.9 Å². The molecule has 1 aliphatic rings. The maximum Gasteiger partial charge on any atom is 0.118 e. The van der Waals surface area contributed by atoms with E-state index >= 15 is 0 Å². The number of terminal acetylenes is 1. The first kappa shape index (κ1) is 15.4. The smallest absolute Gasteiger partial charge is 0.118 e. The van der Waals surface area contributed by atoms with Crippen LogP contribution in [0.2, 0.25) is 0 Å². The molecule has 0 unspecified atom stereocenters. The second-order valence-corrected chi connectivity index (χ2v) is 5.59. The summed E-state index contributed by atoms with van der Waals surface area (Å²) in [6.45, 7) is 2.09. The van der Waals surface area contributed by atoms with Crippen molar-refractivity contribution in [1.82, 2.24) is 0 Å². The van der Waals surface area contributed by atoms with Gasteiger partial charge in [0.15, 0.2) is 0 Å². The predicted molar refractivity (Wildman–Crippen MR) is 81.7 cm³/mol. The molecule has 3 heteroatoms. The van der Waals surface area contributed by atoms with Crippen molar-refractivity contribution < 1.29 is 4.74 Å². The summed E-state index contributed by atoms with van der Waals surface area (Å²) in [5.74, 6) is 3.45. The molecular weight excluding hydrogens is 312 g/mol. The summed E-state index contributed by atoms with van der Waals surface area (Å²) in [5, 5.41) is -0.0314. The fourth-order valence-corrected chi connectivity index (χ4v) is 2.22. The van der Waals surface area contributed by atoms with E-state index in [0.717, 1.165) is 35.9 Å². The molecule has 0 spiro atoms. The van der Waals surface area contributed by atoms with Crippen LogP contribution in [-0.4, -0.2) is 11.5 Å². The molecule has 0 bridgehead atoms. The lowest BCUT2D eigenvalue weighted by molar-refractivity contribution is 0.108. The number of alkyl halides is 1. The lowest BCUT2D eigenvalue weighted by atomic mass is 10.1. The van der Waals surface area contributed by atoms with Crippen molar-refractivity contribution >= 4 is 27.5 Å². The van der Waals surface area contributed by atoms with E-state index in [2.05, 4.69) is 40.9 Å². The Morgan fingerprint density at radius 2 is 2.44 bits per heavy atom. The van der Waals surface area contributed by atoms with Crippen LogP contribution in [0.4, 0.5) is 0 Å². The maximum absolute atomic E-state index is 6.35. The number of rotatable bonds is 3. The van der Waals surface area contributed by atoms with Crippen LogP contribution in [0.25, 0.3) is 0 Å². The molecule has 18 heavy (non-hydrogen) atoms. The highest BCUT2D eigenvalue weighted by atomic mass is 79.9. The van der Waals surface area contributed by atoms with Crippen molar-refractivity contribution in [3.05, 3.63) is 34.5 Å². The Morgan fingerprint density at radius 1 is 1.67 bits per heavy atom. The molecule has 0 N–H and O–H groups in total. The first-order valence-electron chi connectivity index (χ1n) is 6.13. The second kappa shape index (κ2) is 8.45. The van der Waals surface area contributed by atoms with Crippen LogP contribution in [0.15, 0.2) is 34.5 Å². The van der Waals surface area contributed by atoms with E-state index in [1.54, 1.807) is 6.08 Å². The minimum atomic E-state index is -0.0321. The lowest BCUT2D eigenvalue weighted by Gasteiger charge is -2.25. The van der Waals surface area contributed by atoms with Gasteiger partial charge in [-0.05, 0) is 18.9 Å². The molecule has 1 rings (SSSR count). The Labute approximate surface area is 123 Å². The van der Waals surface area contributed by atoms with Gasteiger partial charge in [-0.3, -0.25) is 0 Å². The van der Waals surface area contributed by atoms with Crippen LogP contribution >= 0.6 is 27.5 Å². The summed E-state index contributed by atoms with van der Waals surface area (Å²) in [6.07, 6.45) is 16.3. The third-order valence-corrected chi connectivity index (χ3v) is 4.19. The highest BCUT2D eigenvalue weighted by Crippen LogP contribution is 2.28. The maximum atomic E-state index is 6.35. The summed E-state index contributed by atoms with van der Waals surface area (Å²) in [4.78, 5) is 0. The van der Waals surface area contributed by atoms with Gasteiger partial charge in [-0.2, -0.15) is 0 Å². The van der Waals surface area contributed by atoms with Crippen LogP contribution in [0.1, 0.15) is 32.6 Å². The van der Waals surface area contributed by atoms with Gasteiger partial charge in [0, 0.05) is 17.3 Å². The third-order valence-electron chi connectivity index (χ3n) is 2.72. The highest BCUT2D eigenvalue weighted by molar-refractivity contribution is 9.11. The minimum absolute atomic E-state index is 0.0314. The number of hydrogen-bond donors (Lipinski definition) is 0. The quantitative estimate of drug-likeness (QED) is 0.405. The molecule has 1 heterocycles. The first-order valence-corrected chi connectivity index (χ1v) is 7.36. The van der Waals surface area contributed by atoms with Crippen molar-refractivity contribution in [3.63, 3.8) is 0 Å². The molecule has 0 amide bonds. The summed E-state index contributed by atoms with van der Waals surface area (Å²) < 4.78 is 7.13. The molecule has 0 fully saturated rings. The first-order chi connectivity index (χ1) is 8.69. The monoisotopic (exact) mass is 328 g/mol. The predicted octanol–water partition coefficient (Wildman–Crippen LogP) is 4.93. The molecule has 0 aliphatic carbocycles. The van der Waals surface area contributed by atoms with E-state index < -0.39 is 0 Å². The van der Waals surface area contributed by atoms with Crippen LogP contribution in [0, 0.1) is 12.3 Å². The summed E-state index contributed by atoms with van der Waals surface area (Å²) in [6, 6.07) is 0. The van der Waals surface area contributed by atoms with Crippen LogP contribution in [0.5, 0.6) is 0 Å². The average Bonchev–Trinajstić information content (AvgIpc) is 2.37. The molecule has 0 saturated carbocycles. The standard InChI is InChI=1S/C15H18BrClO/c1-3-5-6-11-15-13(17)9-7-8-10-14(18-15)12(16)4-2/h1,5-8,13,15H,4,9-11H2,2H3/b6-5+,8-7-,14-12+/t13-,15-/m1/s1. The largest absolute Gasteiger partial charge is 0.492 e. The van der Waals surface area contributed by atoms with Crippen LogP contribution in [-0.2, 0) is 4.74 Å². The molecule has 2 atom stereocenters. The fourth-order valence-electron chi connectivity index (χ4n) is 1.71. The zero-order valence-electron chi connectivity index (χ0n) is 10.5. The van der Waals surface area contributed by atoms with Gasteiger partial charge in [0.05, 0.1) is 5.38 Å². The van der Waals surface area contributed by atoms with E-state index in [0.29, 0.717) is 0 Å². The Bertz CT molecular complexity index is 390. The van der Waals surface area contributed by atoms with Gasteiger partial charge >= 0.3 is 0 Å². The van der Waals surface area contributed by atoms with Gasteiger partial charge in [-0.25, -0.2) is 0 Å². The van der Waals surface area contributed by atoms with E-state index in [4.69, 9.17) is 22.8 Å². The molecule has 0 radical (unpaired) electrons. The van der Waals surface area contributed by atoms with E-state index in [1.807, 2.05) is 6.08 Å². The van der Waals surface area contributed by atoms with Crippen molar-refractivity contribution in [2.45, 2.75) is 44.1 Å². The van der Waals surface area contributed by atoms with E-state index in [-0.39, 0.29) is 11.5 Å². The number of ether oxygens (including phenoxy) is 1. The zero-order valence-corrected chi connectivity index (χ0v) is 12.9. The van der Waals surface area contributed by atoms with Gasteiger partial charge in [0.25, 0.3) is 0 Å². The Hall–Kier alpha value is -0.650. The van der Waals surface area contributed by atoms with Crippen molar-refractivity contribution in [3.8, 4) is 12.3 Å². The molecule has 1 aliphatic heterocycles. The number of halogens is 2.